The molecule has 0 N–H and O–H groups in total. The van der Waals surface area contributed by atoms with Crippen LogP contribution in [0.4, 0.5) is 4.79 Å². The summed E-state index contributed by atoms with van der Waals surface area (Å²) in [6.07, 6.45) is 5.30. The Labute approximate surface area is 155 Å². The van der Waals surface area contributed by atoms with Crippen molar-refractivity contribution >= 4 is 12.2 Å². The number of isocyanates is 1. The largest absolute Gasteiger partial charge is 0.444 e. The summed E-state index contributed by atoms with van der Waals surface area (Å²) in [5, 5.41) is 4.54. The topological polar surface area (TPSA) is 76.8 Å². The van der Waals surface area contributed by atoms with Crippen LogP contribution in [0.15, 0.2) is 11.2 Å². The van der Waals surface area contributed by atoms with Crippen LogP contribution in [0.25, 0.3) is 0 Å². The summed E-state index contributed by atoms with van der Waals surface area (Å²) >= 11 is 0. The molecule has 0 aromatic carbocycles. The SMILES string of the molecule is Cc1nn(C(C)C)cc1CC1(N=C=O)CCN(C(=O)OC(C)(C)C)CC1. The molecular weight excluding hydrogens is 332 g/mol. The van der Waals surface area contributed by atoms with Gasteiger partial charge in [0.2, 0.25) is 6.08 Å². The molecule has 0 atom stereocenters. The van der Waals surface area contributed by atoms with Gasteiger partial charge in [0.05, 0.1) is 11.2 Å². The van der Waals surface area contributed by atoms with E-state index in [9.17, 15) is 9.59 Å². The second kappa shape index (κ2) is 7.62. The van der Waals surface area contributed by atoms with Gasteiger partial charge in [-0.1, -0.05) is 0 Å². The highest BCUT2D eigenvalue weighted by Crippen LogP contribution is 2.32. The van der Waals surface area contributed by atoms with Crippen molar-refractivity contribution in [3.63, 3.8) is 0 Å². The molecule has 1 aromatic rings. The first-order chi connectivity index (χ1) is 12.1. The van der Waals surface area contributed by atoms with E-state index in [0.29, 0.717) is 32.4 Å². The van der Waals surface area contributed by atoms with Crippen LogP contribution in [0.5, 0.6) is 0 Å². The molecule has 1 amide bonds. The van der Waals surface area contributed by atoms with E-state index in [1.54, 1.807) is 11.0 Å². The minimum absolute atomic E-state index is 0.280. The zero-order valence-corrected chi connectivity index (χ0v) is 16.7. The van der Waals surface area contributed by atoms with Gasteiger partial charge in [-0.15, -0.1) is 0 Å². The van der Waals surface area contributed by atoms with E-state index in [2.05, 4.69) is 23.9 Å². The molecule has 26 heavy (non-hydrogen) atoms. The minimum atomic E-state index is -0.532. The van der Waals surface area contributed by atoms with Crippen LogP contribution >= 0.6 is 0 Å². The van der Waals surface area contributed by atoms with Crippen LogP contribution < -0.4 is 0 Å². The summed E-state index contributed by atoms with van der Waals surface area (Å²) < 4.78 is 7.37. The molecular formula is C19H30N4O3. The number of carbonyl (C=O) groups excluding carboxylic acids is 2. The van der Waals surface area contributed by atoms with Crippen molar-refractivity contribution in [1.82, 2.24) is 14.7 Å². The van der Waals surface area contributed by atoms with Crippen molar-refractivity contribution in [1.29, 1.82) is 0 Å². The third-order valence-corrected chi connectivity index (χ3v) is 4.70. The molecule has 0 radical (unpaired) electrons. The van der Waals surface area contributed by atoms with Crippen LogP contribution in [0.1, 0.15) is 64.8 Å². The Morgan fingerprint density at radius 1 is 1.38 bits per heavy atom. The Bertz CT molecular complexity index is 688. The minimum Gasteiger partial charge on any atom is -0.444 e. The summed E-state index contributed by atoms with van der Waals surface area (Å²) in [7, 11) is 0. The third-order valence-electron chi connectivity index (χ3n) is 4.70. The van der Waals surface area contributed by atoms with E-state index in [4.69, 9.17) is 4.74 Å². The number of amides is 1. The number of piperidine rings is 1. The third kappa shape index (κ3) is 4.94. The molecule has 2 rings (SSSR count). The molecule has 1 fully saturated rings. The molecule has 1 aromatic heterocycles. The molecule has 0 spiro atoms. The Morgan fingerprint density at radius 3 is 2.46 bits per heavy atom. The van der Waals surface area contributed by atoms with Gasteiger partial charge < -0.3 is 9.64 Å². The summed E-state index contributed by atoms with van der Waals surface area (Å²) in [5.74, 6) is 0. The molecule has 2 heterocycles. The van der Waals surface area contributed by atoms with Gasteiger partial charge in [-0.2, -0.15) is 10.1 Å². The maximum absolute atomic E-state index is 12.3. The Balaban J connectivity index is 2.11. The fraction of sp³-hybridized carbons (Fsp3) is 0.737. The Morgan fingerprint density at radius 2 is 2.00 bits per heavy atom. The van der Waals surface area contributed by atoms with Gasteiger partial charge >= 0.3 is 6.09 Å². The lowest BCUT2D eigenvalue weighted by Gasteiger charge is -2.38. The molecule has 7 nitrogen and oxygen atoms in total. The fourth-order valence-electron chi connectivity index (χ4n) is 3.17. The van der Waals surface area contributed by atoms with Gasteiger partial charge in [-0.25, -0.2) is 9.59 Å². The zero-order chi connectivity index (χ0) is 19.5. The van der Waals surface area contributed by atoms with Gasteiger partial charge in [-0.3, -0.25) is 4.68 Å². The van der Waals surface area contributed by atoms with E-state index in [-0.39, 0.29) is 12.1 Å². The van der Waals surface area contributed by atoms with E-state index < -0.39 is 11.1 Å². The highest BCUT2D eigenvalue weighted by molar-refractivity contribution is 5.68. The molecule has 0 aliphatic carbocycles. The summed E-state index contributed by atoms with van der Waals surface area (Å²) in [5.41, 5.74) is 0.988. The molecule has 0 saturated carbocycles. The van der Waals surface area contributed by atoms with Gasteiger partial charge in [0.1, 0.15) is 5.60 Å². The lowest BCUT2D eigenvalue weighted by molar-refractivity contribution is 0.0170. The van der Waals surface area contributed by atoms with E-state index in [1.807, 2.05) is 38.6 Å². The number of nitrogens with zero attached hydrogens (tertiary/aromatic N) is 4. The van der Waals surface area contributed by atoms with Crippen LogP contribution in [-0.4, -0.2) is 51.1 Å². The summed E-state index contributed by atoms with van der Waals surface area (Å²) in [4.78, 5) is 29.1. The molecule has 1 aliphatic heterocycles. The standard InChI is InChI=1S/C19H30N4O3/c1-14(2)23-12-16(15(3)21-23)11-19(20-13-24)7-9-22(10-8-19)17(25)26-18(4,5)6/h12,14H,7-11H2,1-6H3. The predicted octanol–water partition coefficient (Wildman–Crippen LogP) is 3.42. The van der Waals surface area contributed by atoms with E-state index >= 15 is 0 Å². The van der Waals surface area contributed by atoms with Crippen molar-refractivity contribution in [2.75, 3.05) is 13.1 Å². The molecule has 144 valence electrons. The molecule has 1 aliphatic rings. The van der Waals surface area contributed by atoms with Crippen molar-refractivity contribution in [3.05, 3.63) is 17.5 Å². The molecule has 1 saturated heterocycles. The first-order valence-electron chi connectivity index (χ1n) is 9.17. The lowest BCUT2D eigenvalue weighted by Crippen LogP contribution is -2.48. The molecule has 0 unspecified atom stereocenters. The smallest absolute Gasteiger partial charge is 0.410 e. The van der Waals surface area contributed by atoms with Crippen LogP contribution in [0.2, 0.25) is 0 Å². The number of aromatic nitrogens is 2. The molecule has 7 heteroatoms. The van der Waals surface area contributed by atoms with E-state index in [1.165, 1.54) is 0 Å². The van der Waals surface area contributed by atoms with Crippen molar-refractivity contribution in [3.8, 4) is 0 Å². The van der Waals surface area contributed by atoms with E-state index in [0.717, 1.165) is 11.3 Å². The maximum Gasteiger partial charge on any atom is 0.410 e. The van der Waals surface area contributed by atoms with Crippen LogP contribution in [0.3, 0.4) is 0 Å². The average molecular weight is 362 g/mol. The zero-order valence-electron chi connectivity index (χ0n) is 16.7. The second-order valence-corrected chi connectivity index (χ2v) is 8.39. The lowest BCUT2D eigenvalue weighted by atomic mass is 9.82. The second-order valence-electron chi connectivity index (χ2n) is 8.39. The summed E-state index contributed by atoms with van der Waals surface area (Å²) in [6.45, 7) is 12.7. The number of hydrogen-bond acceptors (Lipinski definition) is 5. The monoisotopic (exact) mass is 362 g/mol. The van der Waals surface area contributed by atoms with Crippen LogP contribution in [0, 0.1) is 6.92 Å². The van der Waals surface area contributed by atoms with Crippen molar-refractivity contribution < 1.29 is 14.3 Å². The first-order valence-corrected chi connectivity index (χ1v) is 9.17. The number of hydrogen-bond donors (Lipinski definition) is 0. The molecule has 0 bridgehead atoms. The van der Waals surface area contributed by atoms with Gasteiger partial charge in [-0.05, 0) is 59.9 Å². The quantitative estimate of drug-likeness (QED) is 0.607. The van der Waals surface area contributed by atoms with Gasteiger partial charge in [0, 0.05) is 31.7 Å². The van der Waals surface area contributed by atoms with Crippen LogP contribution in [-0.2, 0) is 16.0 Å². The van der Waals surface area contributed by atoms with Crippen molar-refractivity contribution in [2.24, 2.45) is 4.99 Å². The number of aryl methyl sites for hydroxylation is 1. The maximum atomic E-state index is 12.3. The highest BCUT2D eigenvalue weighted by atomic mass is 16.6. The number of ether oxygens (including phenoxy) is 1. The predicted molar refractivity (Wildman–Crippen MR) is 98.9 cm³/mol. The summed E-state index contributed by atoms with van der Waals surface area (Å²) in [6, 6.07) is 0.280. The number of likely N-dealkylation sites (tertiary alicyclic amines) is 1. The normalized spacial score (nSPS) is 17.1. The first kappa shape index (κ1) is 20.2. The van der Waals surface area contributed by atoms with Gasteiger partial charge in [0.15, 0.2) is 0 Å². The highest BCUT2D eigenvalue weighted by Gasteiger charge is 2.38. The fourth-order valence-corrected chi connectivity index (χ4v) is 3.17. The average Bonchev–Trinajstić information content (AvgIpc) is 2.87. The Hall–Kier alpha value is -2.14. The number of carbonyl (C=O) groups is 1. The number of rotatable bonds is 4. The Kier molecular flexibility index (Phi) is 5.91. The van der Waals surface area contributed by atoms with Gasteiger partial charge in [0.25, 0.3) is 0 Å². The number of aliphatic imine (C=N–C) groups is 1. The van der Waals surface area contributed by atoms with Crippen molar-refractivity contribution in [2.45, 2.75) is 78.0 Å².